The van der Waals surface area contributed by atoms with E-state index in [1.165, 1.54) is 36.4 Å². The highest BCUT2D eigenvalue weighted by Gasteiger charge is 2.70. The van der Waals surface area contributed by atoms with Crippen molar-refractivity contribution < 1.29 is 33.1 Å². The minimum absolute atomic E-state index is 0.185. The number of anilines is 2. The number of primary amides is 1. The van der Waals surface area contributed by atoms with E-state index in [2.05, 4.69) is 10.6 Å². The molecule has 4 atom stereocenters. The van der Waals surface area contributed by atoms with Crippen molar-refractivity contribution in [3.05, 3.63) is 59.4 Å². The molecule has 0 aromatic heterocycles. The Balaban J connectivity index is 1.59. The van der Waals surface area contributed by atoms with Crippen LogP contribution in [0.15, 0.2) is 42.5 Å². The Hall–Kier alpha value is -4.12. The molecule has 2 aromatic carbocycles. The molecule has 0 unspecified atom stereocenters. The van der Waals surface area contributed by atoms with E-state index in [0.29, 0.717) is 5.69 Å². The average molecular weight is 480 g/mol. The van der Waals surface area contributed by atoms with Crippen LogP contribution in [0.4, 0.5) is 15.8 Å². The van der Waals surface area contributed by atoms with E-state index in [0.717, 1.165) is 11.0 Å². The number of rotatable bonds is 5. The van der Waals surface area contributed by atoms with Gasteiger partial charge in [-0.1, -0.05) is 0 Å². The number of nitrogens with two attached hydrogens (primary N) is 1. The van der Waals surface area contributed by atoms with Crippen molar-refractivity contribution in [1.82, 2.24) is 5.32 Å². The Labute approximate surface area is 198 Å². The molecule has 3 aliphatic heterocycles. The Morgan fingerprint density at radius 3 is 2.49 bits per heavy atom. The van der Waals surface area contributed by atoms with Gasteiger partial charge in [-0.3, -0.25) is 24.5 Å². The minimum atomic E-state index is -1.76. The predicted octanol–water partition coefficient (Wildman–Crippen LogP) is 0.803. The largest absolute Gasteiger partial charge is 0.462 e. The second kappa shape index (κ2) is 7.98. The molecule has 3 heterocycles. The summed E-state index contributed by atoms with van der Waals surface area (Å²) in [6.45, 7) is 1.86. The van der Waals surface area contributed by atoms with Crippen molar-refractivity contribution in [1.29, 1.82) is 0 Å². The molecule has 0 radical (unpaired) electrons. The first kappa shape index (κ1) is 22.7. The molecule has 180 valence electrons. The first-order valence-corrected chi connectivity index (χ1v) is 11.0. The number of esters is 1. The highest BCUT2D eigenvalue weighted by atomic mass is 19.1. The van der Waals surface area contributed by atoms with E-state index >= 15 is 0 Å². The zero-order valence-electron chi connectivity index (χ0n) is 18.5. The van der Waals surface area contributed by atoms with E-state index < -0.39 is 58.8 Å². The van der Waals surface area contributed by atoms with Crippen LogP contribution >= 0.6 is 0 Å². The van der Waals surface area contributed by atoms with Gasteiger partial charge in [-0.25, -0.2) is 14.1 Å². The predicted molar refractivity (Wildman–Crippen MR) is 119 cm³/mol. The number of carbonyl (C=O) groups is 5. The fourth-order valence-corrected chi connectivity index (χ4v) is 5.38. The van der Waals surface area contributed by atoms with Crippen molar-refractivity contribution in [2.75, 3.05) is 16.8 Å². The number of carbonyl (C=O) groups excluding carboxylic acids is 5. The summed E-state index contributed by atoms with van der Waals surface area (Å²) in [5, 5.41) is 5.64. The van der Waals surface area contributed by atoms with Crippen LogP contribution in [0.1, 0.15) is 29.3 Å². The zero-order chi connectivity index (χ0) is 25.1. The van der Waals surface area contributed by atoms with Crippen LogP contribution in [-0.4, -0.2) is 42.2 Å². The molecule has 1 spiro atoms. The SMILES string of the molecule is CCOC(=O)c1ccc(N2C(=O)[C@@H]3[C@H](CC(N)=O)N[C@]4(C(=O)Nc5ccc(F)cc54)[C@@H]3C2=O)cc1. The molecular weight excluding hydrogens is 459 g/mol. The quantitative estimate of drug-likeness (QED) is 0.424. The third-order valence-electron chi connectivity index (χ3n) is 6.73. The standard InChI is InChI=1S/C24H21FN4O6/c1-2-35-22(33)11-3-6-13(7-4-11)29-20(31)18-16(10-17(26)30)28-24(19(18)21(29)32)14-9-12(25)5-8-15(14)27-23(24)34/h3-9,16,18-19,28H,2,10H2,1H3,(H2,26,30)(H,27,34)/t16-,18+,19-,24-/m0/s1. The normalized spacial score (nSPS) is 26.6. The molecule has 4 N–H and O–H groups in total. The number of amides is 4. The fraction of sp³-hybridized carbons (Fsp3) is 0.292. The van der Waals surface area contributed by atoms with E-state index in [1.54, 1.807) is 6.92 Å². The van der Waals surface area contributed by atoms with Gasteiger partial charge in [-0.15, -0.1) is 0 Å². The van der Waals surface area contributed by atoms with Crippen LogP contribution in [0.2, 0.25) is 0 Å². The van der Waals surface area contributed by atoms with Crippen molar-refractivity contribution in [2.24, 2.45) is 17.6 Å². The first-order valence-electron chi connectivity index (χ1n) is 11.0. The Kier molecular flexibility index (Phi) is 5.17. The van der Waals surface area contributed by atoms with Crippen molar-refractivity contribution in [3.63, 3.8) is 0 Å². The molecule has 4 amide bonds. The molecule has 11 heteroatoms. The summed E-state index contributed by atoms with van der Waals surface area (Å²) in [7, 11) is 0. The van der Waals surface area contributed by atoms with Gasteiger partial charge in [-0.2, -0.15) is 0 Å². The Bertz CT molecular complexity index is 1300. The number of hydrogen-bond acceptors (Lipinski definition) is 7. The highest BCUT2D eigenvalue weighted by Crippen LogP contribution is 2.54. The first-order chi connectivity index (χ1) is 16.7. The average Bonchev–Trinajstić information content (AvgIpc) is 3.38. The smallest absolute Gasteiger partial charge is 0.338 e. The van der Waals surface area contributed by atoms with Gasteiger partial charge in [0.05, 0.1) is 29.7 Å². The molecule has 2 saturated heterocycles. The van der Waals surface area contributed by atoms with Gasteiger partial charge in [0.15, 0.2) is 0 Å². The van der Waals surface area contributed by atoms with E-state index in [4.69, 9.17) is 10.5 Å². The van der Waals surface area contributed by atoms with Gasteiger partial charge >= 0.3 is 5.97 Å². The lowest BCUT2D eigenvalue weighted by atomic mass is 9.76. The number of benzene rings is 2. The minimum Gasteiger partial charge on any atom is -0.462 e. The topological polar surface area (TPSA) is 148 Å². The van der Waals surface area contributed by atoms with E-state index in [9.17, 15) is 28.4 Å². The highest BCUT2D eigenvalue weighted by molar-refractivity contribution is 6.26. The van der Waals surface area contributed by atoms with Gasteiger partial charge in [0.1, 0.15) is 11.4 Å². The van der Waals surface area contributed by atoms with Gasteiger partial charge in [0.2, 0.25) is 23.6 Å². The molecule has 0 bridgehead atoms. The Morgan fingerprint density at radius 2 is 1.83 bits per heavy atom. The van der Waals surface area contributed by atoms with Crippen LogP contribution in [0.25, 0.3) is 0 Å². The second-order valence-corrected chi connectivity index (χ2v) is 8.66. The lowest BCUT2D eigenvalue weighted by molar-refractivity contribution is -0.130. The molecule has 2 fully saturated rings. The third kappa shape index (κ3) is 3.22. The van der Waals surface area contributed by atoms with Gasteiger partial charge in [0, 0.05) is 23.7 Å². The van der Waals surface area contributed by atoms with Crippen LogP contribution in [-0.2, 0) is 29.5 Å². The number of imide groups is 1. The third-order valence-corrected chi connectivity index (χ3v) is 6.73. The summed E-state index contributed by atoms with van der Waals surface area (Å²) in [6, 6.07) is 8.44. The maximum absolute atomic E-state index is 14.2. The monoisotopic (exact) mass is 480 g/mol. The molecule has 0 aliphatic carbocycles. The van der Waals surface area contributed by atoms with Crippen LogP contribution in [0, 0.1) is 17.7 Å². The lowest BCUT2D eigenvalue weighted by Gasteiger charge is -2.29. The molecule has 2 aromatic rings. The van der Waals surface area contributed by atoms with Crippen LogP contribution in [0.5, 0.6) is 0 Å². The number of fused-ring (bicyclic) bond motifs is 4. The van der Waals surface area contributed by atoms with Crippen molar-refractivity contribution in [3.8, 4) is 0 Å². The second-order valence-electron chi connectivity index (χ2n) is 8.66. The zero-order valence-corrected chi connectivity index (χ0v) is 18.5. The number of ether oxygens (including phenoxy) is 1. The summed E-state index contributed by atoms with van der Waals surface area (Å²) < 4.78 is 19.2. The molecule has 5 rings (SSSR count). The van der Waals surface area contributed by atoms with Crippen LogP contribution in [0.3, 0.4) is 0 Å². The van der Waals surface area contributed by atoms with Crippen LogP contribution < -0.4 is 21.3 Å². The van der Waals surface area contributed by atoms with Gasteiger partial charge in [0.25, 0.3) is 0 Å². The molecule has 0 saturated carbocycles. The Morgan fingerprint density at radius 1 is 1.11 bits per heavy atom. The maximum atomic E-state index is 14.2. The molecule has 3 aliphatic rings. The van der Waals surface area contributed by atoms with E-state index in [-0.39, 0.29) is 29.8 Å². The van der Waals surface area contributed by atoms with Gasteiger partial charge < -0.3 is 15.8 Å². The number of halogens is 1. The molecule has 10 nitrogen and oxygen atoms in total. The molecule has 35 heavy (non-hydrogen) atoms. The van der Waals surface area contributed by atoms with Crippen molar-refractivity contribution in [2.45, 2.75) is 24.9 Å². The summed E-state index contributed by atoms with van der Waals surface area (Å²) >= 11 is 0. The fourth-order valence-electron chi connectivity index (χ4n) is 5.38. The van der Waals surface area contributed by atoms with E-state index in [1.807, 2.05) is 0 Å². The van der Waals surface area contributed by atoms with Crippen molar-refractivity contribution >= 4 is 41.0 Å². The number of nitrogens with one attached hydrogen (secondary N) is 2. The van der Waals surface area contributed by atoms with Gasteiger partial charge in [-0.05, 0) is 49.4 Å². The lowest BCUT2D eigenvalue weighted by Crippen LogP contribution is -2.53. The summed E-state index contributed by atoms with van der Waals surface area (Å²) in [5.74, 6) is -6.19. The number of hydrogen-bond donors (Lipinski definition) is 3. The molecular formula is C24H21FN4O6. The summed E-state index contributed by atoms with van der Waals surface area (Å²) in [6.07, 6.45) is -0.310. The summed E-state index contributed by atoms with van der Waals surface area (Å²) in [5.41, 5.74) is 4.56. The summed E-state index contributed by atoms with van der Waals surface area (Å²) in [4.78, 5) is 65.3. The number of nitrogens with zero attached hydrogens (tertiary/aromatic N) is 1. The maximum Gasteiger partial charge on any atom is 0.338 e.